The summed E-state index contributed by atoms with van der Waals surface area (Å²) in [4.78, 5) is 0. The second-order valence-electron chi connectivity index (χ2n) is 2.73. The van der Waals surface area contributed by atoms with Crippen molar-refractivity contribution in [3.8, 4) is 0 Å². The zero-order chi connectivity index (χ0) is 6.10. The molecule has 0 amide bonds. The third-order valence-corrected chi connectivity index (χ3v) is 2.10. The molecule has 0 bridgehead atoms. The summed E-state index contributed by atoms with van der Waals surface area (Å²) in [5.41, 5.74) is 0. The highest BCUT2D eigenvalue weighted by Crippen LogP contribution is 2.29. The van der Waals surface area contributed by atoms with E-state index in [0.717, 1.165) is 0 Å². The molecule has 2 aliphatic rings. The fourth-order valence-electron chi connectivity index (χ4n) is 1.55. The van der Waals surface area contributed by atoms with E-state index in [0.29, 0.717) is 12.2 Å². The van der Waals surface area contributed by atoms with Crippen LogP contribution in [0.1, 0.15) is 25.7 Å². The molecular weight excluding hydrogens is 116 g/mol. The molecule has 0 aromatic heterocycles. The number of hydrogen-bond acceptors (Lipinski definition) is 2. The molecule has 1 aliphatic carbocycles. The van der Waals surface area contributed by atoms with Crippen LogP contribution >= 0.6 is 0 Å². The Balaban J connectivity index is 1.97. The average molecular weight is 127 g/mol. The second kappa shape index (κ2) is 2.27. The third kappa shape index (κ3) is 0.970. The van der Waals surface area contributed by atoms with Crippen LogP contribution in [0.15, 0.2) is 0 Å². The van der Waals surface area contributed by atoms with Crippen LogP contribution < -0.4 is 0 Å². The van der Waals surface area contributed by atoms with E-state index in [2.05, 4.69) is 0 Å². The van der Waals surface area contributed by atoms with Crippen molar-refractivity contribution in [3.05, 3.63) is 6.79 Å². The molecule has 2 unspecified atom stereocenters. The van der Waals surface area contributed by atoms with Gasteiger partial charge >= 0.3 is 0 Å². The number of fused-ring (bicyclic) bond motifs is 1. The molecule has 1 aliphatic heterocycles. The molecule has 1 radical (unpaired) electrons. The van der Waals surface area contributed by atoms with Crippen LogP contribution in [0.3, 0.4) is 0 Å². The molecule has 2 nitrogen and oxygen atoms in total. The lowest BCUT2D eigenvalue weighted by atomic mass is 9.95. The first kappa shape index (κ1) is 5.69. The standard InChI is InChI=1S/C7H11O2/c1-2-4-7-6(3-1)8-5-9-7/h5-7H,1-4H2. The van der Waals surface area contributed by atoms with Gasteiger partial charge in [0.25, 0.3) is 0 Å². The van der Waals surface area contributed by atoms with Crippen LogP contribution in [0.4, 0.5) is 0 Å². The van der Waals surface area contributed by atoms with Crippen LogP contribution in [-0.4, -0.2) is 12.2 Å². The van der Waals surface area contributed by atoms with Crippen molar-refractivity contribution in [2.75, 3.05) is 0 Å². The molecule has 0 aromatic rings. The molecule has 2 heteroatoms. The molecule has 51 valence electrons. The van der Waals surface area contributed by atoms with Gasteiger partial charge in [-0.15, -0.1) is 0 Å². The molecule has 9 heavy (non-hydrogen) atoms. The van der Waals surface area contributed by atoms with E-state index in [-0.39, 0.29) is 0 Å². The topological polar surface area (TPSA) is 18.5 Å². The van der Waals surface area contributed by atoms with E-state index < -0.39 is 0 Å². The first-order valence-corrected chi connectivity index (χ1v) is 3.59. The molecule has 1 heterocycles. The van der Waals surface area contributed by atoms with Crippen molar-refractivity contribution in [1.29, 1.82) is 0 Å². The number of ether oxygens (including phenoxy) is 2. The summed E-state index contributed by atoms with van der Waals surface area (Å²) in [6, 6.07) is 0. The predicted octanol–water partition coefficient (Wildman–Crippen LogP) is 1.46. The Labute approximate surface area is 55.1 Å². The average Bonchev–Trinajstić information content (AvgIpc) is 2.33. The van der Waals surface area contributed by atoms with Gasteiger partial charge in [-0.3, -0.25) is 0 Å². The maximum Gasteiger partial charge on any atom is 0.210 e. The van der Waals surface area contributed by atoms with Gasteiger partial charge in [-0.25, -0.2) is 0 Å². The van der Waals surface area contributed by atoms with Crippen LogP contribution in [0.2, 0.25) is 0 Å². The van der Waals surface area contributed by atoms with Gasteiger partial charge in [-0.2, -0.15) is 0 Å². The zero-order valence-corrected chi connectivity index (χ0v) is 5.38. The largest absolute Gasteiger partial charge is 0.342 e. The number of rotatable bonds is 0. The summed E-state index contributed by atoms with van der Waals surface area (Å²) < 4.78 is 10.4. The van der Waals surface area contributed by atoms with E-state index in [4.69, 9.17) is 9.47 Å². The maximum atomic E-state index is 5.21. The van der Waals surface area contributed by atoms with Gasteiger partial charge in [0.1, 0.15) is 0 Å². The Morgan fingerprint density at radius 1 is 1.00 bits per heavy atom. The molecule has 0 spiro atoms. The first-order valence-electron chi connectivity index (χ1n) is 3.59. The Hall–Kier alpha value is -0.0800. The smallest absolute Gasteiger partial charge is 0.210 e. The lowest BCUT2D eigenvalue weighted by molar-refractivity contribution is 0.110. The lowest BCUT2D eigenvalue weighted by Crippen LogP contribution is -2.25. The monoisotopic (exact) mass is 127 g/mol. The molecule has 2 atom stereocenters. The molecule has 2 rings (SSSR count). The van der Waals surface area contributed by atoms with E-state index in [1.54, 1.807) is 0 Å². The first-order chi connectivity index (χ1) is 4.47. The summed E-state index contributed by atoms with van der Waals surface area (Å²) in [5, 5.41) is 0. The molecule has 1 saturated carbocycles. The van der Waals surface area contributed by atoms with Crippen molar-refractivity contribution < 1.29 is 9.47 Å². The quantitative estimate of drug-likeness (QED) is 0.490. The van der Waals surface area contributed by atoms with Crippen LogP contribution in [0, 0.1) is 6.79 Å². The van der Waals surface area contributed by atoms with Gasteiger partial charge in [0, 0.05) is 0 Å². The summed E-state index contributed by atoms with van der Waals surface area (Å²) in [7, 11) is 0. The second-order valence-corrected chi connectivity index (χ2v) is 2.73. The molecule has 1 saturated heterocycles. The van der Waals surface area contributed by atoms with Crippen molar-refractivity contribution >= 4 is 0 Å². The fourth-order valence-corrected chi connectivity index (χ4v) is 1.55. The Kier molecular flexibility index (Phi) is 1.44. The van der Waals surface area contributed by atoms with Gasteiger partial charge in [0.05, 0.1) is 12.2 Å². The van der Waals surface area contributed by atoms with Gasteiger partial charge in [0.2, 0.25) is 6.79 Å². The third-order valence-electron chi connectivity index (χ3n) is 2.10. The van der Waals surface area contributed by atoms with Crippen molar-refractivity contribution in [2.24, 2.45) is 0 Å². The minimum absolute atomic E-state index is 0.388. The van der Waals surface area contributed by atoms with Crippen molar-refractivity contribution in [2.45, 2.75) is 37.9 Å². The van der Waals surface area contributed by atoms with E-state index in [1.807, 2.05) is 0 Å². The van der Waals surface area contributed by atoms with Gasteiger partial charge in [-0.1, -0.05) is 12.8 Å². The van der Waals surface area contributed by atoms with Crippen molar-refractivity contribution in [1.82, 2.24) is 0 Å². The Morgan fingerprint density at radius 2 is 1.56 bits per heavy atom. The summed E-state index contributed by atoms with van der Waals surface area (Å²) >= 11 is 0. The minimum Gasteiger partial charge on any atom is -0.342 e. The lowest BCUT2D eigenvalue weighted by Gasteiger charge is -2.21. The van der Waals surface area contributed by atoms with Gasteiger partial charge in [-0.05, 0) is 12.8 Å². The zero-order valence-electron chi connectivity index (χ0n) is 5.38. The highest BCUT2D eigenvalue weighted by Gasteiger charge is 2.31. The van der Waals surface area contributed by atoms with Crippen LogP contribution in [0.25, 0.3) is 0 Å². The van der Waals surface area contributed by atoms with Gasteiger partial charge < -0.3 is 9.47 Å². The molecule has 0 N–H and O–H groups in total. The van der Waals surface area contributed by atoms with E-state index in [9.17, 15) is 0 Å². The summed E-state index contributed by atoms with van der Waals surface area (Å²) in [6.07, 6.45) is 5.75. The Bertz CT molecular complexity index is 91.1. The van der Waals surface area contributed by atoms with Crippen molar-refractivity contribution in [3.63, 3.8) is 0 Å². The van der Waals surface area contributed by atoms with Gasteiger partial charge in [0.15, 0.2) is 0 Å². The van der Waals surface area contributed by atoms with Crippen LogP contribution in [0.5, 0.6) is 0 Å². The molecular formula is C7H11O2. The summed E-state index contributed by atoms with van der Waals surface area (Å²) in [6.45, 7) is 1.50. The van der Waals surface area contributed by atoms with E-state index in [1.165, 1.54) is 32.5 Å². The molecule has 0 aromatic carbocycles. The van der Waals surface area contributed by atoms with Crippen LogP contribution in [-0.2, 0) is 9.47 Å². The highest BCUT2D eigenvalue weighted by molar-refractivity contribution is 4.80. The summed E-state index contributed by atoms with van der Waals surface area (Å²) in [5.74, 6) is 0. The predicted molar refractivity (Wildman–Crippen MR) is 32.5 cm³/mol. The minimum atomic E-state index is 0.388. The van der Waals surface area contributed by atoms with E-state index >= 15 is 0 Å². The Morgan fingerprint density at radius 3 is 2.11 bits per heavy atom. The SMILES string of the molecule is [CH]1OC2CCCCC2O1. The number of hydrogen-bond donors (Lipinski definition) is 0. The maximum absolute atomic E-state index is 5.21. The fraction of sp³-hybridized carbons (Fsp3) is 0.857. The molecule has 2 fully saturated rings. The highest BCUT2D eigenvalue weighted by atomic mass is 16.7. The normalized spacial score (nSPS) is 42.7.